The Morgan fingerprint density at radius 2 is 1.48 bits per heavy atom. The number of benzene rings is 2. The lowest BCUT2D eigenvalue weighted by Crippen LogP contribution is -2.04. The quantitative estimate of drug-likeness (QED) is 0.270. The lowest BCUT2D eigenvalue weighted by molar-refractivity contribution is 0.281. The lowest BCUT2D eigenvalue weighted by Gasteiger charge is -2.16. The molecule has 0 N–H and O–H groups in total. The second-order valence-electron chi connectivity index (χ2n) is 7.79. The van der Waals surface area contributed by atoms with Crippen molar-refractivity contribution in [1.29, 1.82) is 0 Å². The molecule has 0 aliphatic rings. The number of ether oxygens (including phenoxy) is 2. The van der Waals surface area contributed by atoms with Crippen molar-refractivity contribution in [3.63, 3.8) is 0 Å². The van der Waals surface area contributed by atoms with Crippen LogP contribution in [0.2, 0.25) is 0 Å². The minimum Gasteiger partial charge on any atom is -0.494 e. The van der Waals surface area contributed by atoms with Gasteiger partial charge in [0.05, 0.1) is 17.5 Å². The summed E-state index contributed by atoms with van der Waals surface area (Å²) in [5.41, 5.74) is 0.910. The van der Waals surface area contributed by atoms with Crippen LogP contribution in [0.25, 0.3) is 4.91 Å². The largest absolute Gasteiger partial charge is 0.494 e. The molecule has 0 spiro atoms. The third kappa shape index (κ3) is 8.61. The third-order valence-corrected chi connectivity index (χ3v) is 6.48. The van der Waals surface area contributed by atoms with Gasteiger partial charge in [0, 0.05) is 15.4 Å². The van der Waals surface area contributed by atoms with Gasteiger partial charge in [-0.2, -0.15) is 0 Å². The van der Waals surface area contributed by atoms with Crippen LogP contribution >= 0.6 is 37.0 Å². The monoisotopic (exact) mass is 448 g/mol. The summed E-state index contributed by atoms with van der Waals surface area (Å²) in [5, 5.41) is 0. The zero-order chi connectivity index (χ0) is 21.2. The zero-order valence-electron chi connectivity index (χ0n) is 17.7. The van der Waals surface area contributed by atoms with E-state index in [-0.39, 0.29) is 0 Å². The summed E-state index contributed by atoms with van der Waals surface area (Å²) in [6.07, 6.45) is 2.03. The van der Waals surface area contributed by atoms with Gasteiger partial charge in [-0.25, -0.2) is 0 Å². The van der Waals surface area contributed by atoms with E-state index < -0.39 is 0 Å². The van der Waals surface area contributed by atoms with Gasteiger partial charge < -0.3 is 9.47 Å². The van der Waals surface area contributed by atoms with E-state index in [0.717, 1.165) is 43.9 Å². The van der Waals surface area contributed by atoms with Gasteiger partial charge in [0.2, 0.25) is 0 Å². The molecule has 158 valence electrons. The molecular weight excluding hydrogens is 416 g/mol. The van der Waals surface area contributed by atoms with Gasteiger partial charge in [-0.3, -0.25) is 0 Å². The molecule has 0 unspecified atom stereocenters. The van der Waals surface area contributed by atoms with E-state index in [1.807, 2.05) is 36.4 Å². The Balaban J connectivity index is 2.25. The molecule has 0 atom stereocenters. The van der Waals surface area contributed by atoms with Crippen molar-refractivity contribution in [3.05, 3.63) is 58.3 Å². The molecule has 5 heteroatoms. The van der Waals surface area contributed by atoms with E-state index in [1.54, 1.807) is 11.8 Å². The first kappa shape index (κ1) is 24.1. The second kappa shape index (κ2) is 12.5. The van der Waals surface area contributed by atoms with Crippen molar-refractivity contribution in [2.75, 3.05) is 13.2 Å². The normalized spacial score (nSPS) is 12.3. The van der Waals surface area contributed by atoms with Crippen molar-refractivity contribution in [3.8, 4) is 11.5 Å². The van der Waals surface area contributed by atoms with Crippen LogP contribution in [0.15, 0.2) is 57.7 Å². The molecule has 0 fully saturated rings. The third-order valence-electron chi connectivity index (χ3n) is 4.28. The van der Waals surface area contributed by atoms with E-state index >= 15 is 0 Å². The van der Waals surface area contributed by atoms with Crippen molar-refractivity contribution in [1.82, 2.24) is 0 Å². The summed E-state index contributed by atoms with van der Waals surface area (Å²) in [4.78, 5) is 1.91. The van der Waals surface area contributed by atoms with Crippen LogP contribution < -0.4 is 9.47 Å². The van der Waals surface area contributed by atoms with Gasteiger partial charge in [0.25, 0.3) is 0 Å². The molecule has 0 radical (unpaired) electrons. The van der Waals surface area contributed by atoms with Crippen molar-refractivity contribution in [2.24, 2.45) is 11.8 Å². The van der Waals surface area contributed by atoms with Gasteiger partial charge in [-0.15, -0.1) is 25.3 Å². The van der Waals surface area contributed by atoms with Gasteiger partial charge in [0.1, 0.15) is 11.5 Å². The summed E-state index contributed by atoms with van der Waals surface area (Å²) >= 11 is 11.1. The molecule has 0 aromatic heterocycles. The standard InChI is InChI=1S/C24H32O2S3/c1-17(2)12-14-25-19-10-11-22(26-15-13-18(3)4)21(16-19)23(27)24(28)29-20-8-6-5-7-9-20/h5-11,16-18,27-28H,12-15H2,1-4H3/b24-23+. The van der Waals surface area contributed by atoms with E-state index in [2.05, 4.69) is 39.8 Å². The average Bonchev–Trinajstić information content (AvgIpc) is 2.68. The lowest BCUT2D eigenvalue weighted by atomic mass is 10.1. The molecule has 0 aliphatic heterocycles. The molecule has 2 aromatic rings. The molecule has 2 aromatic carbocycles. The molecule has 0 saturated carbocycles. The summed E-state index contributed by atoms with van der Waals surface area (Å²) in [7, 11) is 0. The molecule has 0 heterocycles. The fraction of sp³-hybridized carbons (Fsp3) is 0.417. The van der Waals surface area contributed by atoms with E-state index in [9.17, 15) is 0 Å². The Kier molecular flexibility index (Phi) is 10.4. The molecule has 0 bridgehead atoms. The summed E-state index contributed by atoms with van der Waals surface area (Å²) in [6.45, 7) is 10.2. The van der Waals surface area contributed by atoms with Crippen molar-refractivity contribution >= 4 is 41.9 Å². The zero-order valence-corrected chi connectivity index (χ0v) is 20.3. The van der Waals surface area contributed by atoms with E-state index in [0.29, 0.717) is 25.0 Å². The highest BCUT2D eigenvalue weighted by atomic mass is 32.2. The highest BCUT2D eigenvalue weighted by molar-refractivity contribution is 8.17. The molecule has 0 saturated heterocycles. The first-order valence-corrected chi connectivity index (χ1v) is 11.8. The first-order valence-electron chi connectivity index (χ1n) is 10.1. The van der Waals surface area contributed by atoms with Crippen LogP contribution in [0.5, 0.6) is 11.5 Å². The number of hydrogen-bond donors (Lipinski definition) is 2. The van der Waals surface area contributed by atoms with Crippen molar-refractivity contribution in [2.45, 2.75) is 45.4 Å². The van der Waals surface area contributed by atoms with Gasteiger partial charge in [-0.05, 0) is 55.0 Å². The van der Waals surface area contributed by atoms with Crippen LogP contribution in [-0.4, -0.2) is 13.2 Å². The maximum absolute atomic E-state index is 6.09. The van der Waals surface area contributed by atoms with Crippen molar-refractivity contribution < 1.29 is 9.47 Å². The highest BCUT2D eigenvalue weighted by Gasteiger charge is 2.13. The smallest absolute Gasteiger partial charge is 0.127 e. The van der Waals surface area contributed by atoms with E-state index in [4.69, 9.17) is 34.7 Å². The Morgan fingerprint density at radius 1 is 0.862 bits per heavy atom. The first-order chi connectivity index (χ1) is 13.9. The minimum absolute atomic E-state index is 0.595. The van der Waals surface area contributed by atoms with Crippen LogP contribution in [0.1, 0.15) is 46.1 Å². The summed E-state index contributed by atoms with van der Waals surface area (Å²) in [6, 6.07) is 16.1. The highest BCUT2D eigenvalue weighted by Crippen LogP contribution is 2.41. The fourth-order valence-corrected chi connectivity index (χ4v) is 3.96. The van der Waals surface area contributed by atoms with E-state index in [1.165, 1.54) is 0 Å². The summed E-state index contributed by atoms with van der Waals surface area (Å²) < 4.78 is 12.9. The predicted molar refractivity (Wildman–Crippen MR) is 134 cm³/mol. The Hall–Kier alpha value is -1.17. The molecule has 0 aliphatic carbocycles. The van der Waals surface area contributed by atoms with Gasteiger partial charge in [0.15, 0.2) is 0 Å². The molecule has 2 rings (SSSR count). The second-order valence-corrected chi connectivity index (χ2v) is 10.1. The number of thiol groups is 2. The minimum atomic E-state index is 0.595. The maximum atomic E-state index is 6.09. The van der Waals surface area contributed by atoms with Gasteiger partial charge in [-0.1, -0.05) is 57.7 Å². The molecule has 29 heavy (non-hydrogen) atoms. The molecule has 2 nitrogen and oxygen atoms in total. The van der Waals surface area contributed by atoms with Crippen LogP contribution in [0.3, 0.4) is 0 Å². The summed E-state index contributed by atoms with van der Waals surface area (Å²) in [5.74, 6) is 2.85. The number of hydrogen-bond acceptors (Lipinski definition) is 5. The van der Waals surface area contributed by atoms with Crippen LogP contribution in [0, 0.1) is 11.8 Å². The topological polar surface area (TPSA) is 18.5 Å². The number of thioether (sulfide) groups is 1. The van der Waals surface area contributed by atoms with Gasteiger partial charge >= 0.3 is 0 Å². The predicted octanol–water partition coefficient (Wildman–Crippen LogP) is 7.81. The molecular formula is C24H32O2S3. The Morgan fingerprint density at radius 3 is 2.10 bits per heavy atom. The maximum Gasteiger partial charge on any atom is 0.127 e. The Labute approximate surface area is 191 Å². The fourth-order valence-electron chi connectivity index (χ4n) is 2.49. The Bertz CT molecular complexity index is 786. The SMILES string of the molecule is CC(C)CCOc1ccc(OCCC(C)C)c(/C(S)=C(/S)Sc2ccccc2)c1. The average molecular weight is 449 g/mol. The number of rotatable bonds is 11. The molecule has 0 amide bonds. The van der Waals surface area contributed by atoms with Crippen LogP contribution in [0.4, 0.5) is 0 Å². The van der Waals surface area contributed by atoms with Crippen LogP contribution in [-0.2, 0) is 0 Å².